The summed E-state index contributed by atoms with van der Waals surface area (Å²) < 4.78 is 17.6. The zero-order chi connectivity index (χ0) is 21.6. The third-order valence-corrected chi connectivity index (χ3v) is 6.86. The first-order chi connectivity index (χ1) is 14.3. The van der Waals surface area contributed by atoms with Crippen LogP contribution in [0.3, 0.4) is 0 Å². The Bertz CT molecular complexity index is 959. The Balaban J connectivity index is 1.85. The van der Waals surface area contributed by atoms with Crippen LogP contribution in [0.25, 0.3) is 0 Å². The molecular formula is C24H32N2O4. The number of benzene rings is 2. The maximum atomic E-state index is 11.0. The van der Waals surface area contributed by atoms with Crippen molar-refractivity contribution in [3.8, 4) is 28.7 Å². The maximum Gasteiger partial charge on any atom is 0.201 e. The van der Waals surface area contributed by atoms with Crippen LogP contribution in [0.2, 0.25) is 0 Å². The molecule has 2 aromatic rings. The predicted octanol–water partition coefficient (Wildman–Crippen LogP) is 4.30. The highest BCUT2D eigenvalue weighted by Gasteiger charge is 2.31. The van der Waals surface area contributed by atoms with E-state index >= 15 is 0 Å². The zero-order valence-corrected chi connectivity index (χ0v) is 18.8. The van der Waals surface area contributed by atoms with Gasteiger partial charge in [0.1, 0.15) is 0 Å². The molecule has 2 heterocycles. The number of ether oxygens (including phenoxy) is 3. The summed E-state index contributed by atoms with van der Waals surface area (Å²) in [6.07, 6.45) is 1.86. The maximum absolute atomic E-state index is 11.0. The van der Waals surface area contributed by atoms with Crippen LogP contribution >= 0.6 is 0 Å². The molecule has 0 fully saturated rings. The average molecular weight is 413 g/mol. The third-order valence-electron chi connectivity index (χ3n) is 6.86. The van der Waals surface area contributed by atoms with Crippen LogP contribution < -0.4 is 14.2 Å². The lowest BCUT2D eigenvalue weighted by Gasteiger charge is -2.35. The van der Waals surface area contributed by atoms with Crippen molar-refractivity contribution in [1.82, 2.24) is 9.80 Å². The molecule has 2 aliphatic rings. The summed E-state index contributed by atoms with van der Waals surface area (Å²) in [5.74, 6) is 2.22. The van der Waals surface area contributed by atoms with Gasteiger partial charge in [0.2, 0.25) is 5.75 Å². The Kier molecular flexibility index (Phi) is 5.55. The number of likely N-dealkylation sites (N-methyl/N-ethyl adjacent to an activating group) is 2. The minimum Gasteiger partial charge on any atom is -0.502 e. The standard InChI is InChI=1S/C24H32N2O4/c1-14-18-13-20(19(28-5)11-16(18)7-9-25(14)3)30-24-22-15(2)26(4)10-8-17(22)12-21(29-6)23(24)27/h11-15,27H,7-10H2,1-6H3/t14-,15-/m0/s1. The largest absolute Gasteiger partial charge is 0.502 e. The van der Waals surface area contributed by atoms with Crippen molar-refractivity contribution in [2.45, 2.75) is 38.8 Å². The molecule has 0 amide bonds. The molecule has 0 saturated heterocycles. The van der Waals surface area contributed by atoms with Crippen molar-refractivity contribution in [3.05, 3.63) is 40.5 Å². The highest BCUT2D eigenvalue weighted by Crippen LogP contribution is 2.50. The van der Waals surface area contributed by atoms with Crippen molar-refractivity contribution in [1.29, 1.82) is 0 Å². The van der Waals surface area contributed by atoms with Crippen LogP contribution in [0.1, 0.15) is 48.2 Å². The molecule has 0 saturated carbocycles. The molecule has 2 aliphatic heterocycles. The molecule has 1 N–H and O–H groups in total. The minimum atomic E-state index is 0.0309. The van der Waals surface area contributed by atoms with Crippen molar-refractivity contribution in [2.75, 3.05) is 41.4 Å². The summed E-state index contributed by atoms with van der Waals surface area (Å²) in [5.41, 5.74) is 4.68. The fraction of sp³-hybridized carbons (Fsp3) is 0.500. The number of aromatic hydroxyl groups is 1. The summed E-state index contributed by atoms with van der Waals surface area (Å²) in [5, 5.41) is 11.0. The van der Waals surface area contributed by atoms with Crippen molar-refractivity contribution in [2.24, 2.45) is 0 Å². The number of hydrogen-bond acceptors (Lipinski definition) is 6. The van der Waals surface area contributed by atoms with E-state index in [0.29, 0.717) is 29.0 Å². The lowest BCUT2D eigenvalue weighted by Crippen LogP contribution is -2.31. The van der Waals surface area contributed by atoms with E-state index in [4.69, 9.17) is 14.2 Å². The monoisotopic (exact) mass is 412 g/mol. The van der Waals surface area contributed by atoms with E-state index in [1.165, 1.54) is 11.1 Å². The summed E-state index contributed by atoms with van der Waals surface area (Å²) >= 11 is 0. The van der Waals surface area contributed by atoms with E-state index in [9.17, 15) is 5.11 Å². The van der Waals surface area contributed by atoms with E-state index in [1.807, 2.05) is 6.07 Å². The summed E-state index contributed by atoms with van der Waals surface area (Å²) in [7, 11) is 7.46. The first kappa shape index (κ1) is 20.8. The van der Waals surface area contributed by atoms with Gasteiger partial charge in [-0.15, -0.1) is 0 Å². The molecule has 0 aromatic heterocycles. The van der Waals surface area contributed by atoms with Crippen LogP contribution in [0.5, 0.6) is 28.7 Å². The normalized spacial score (nSPS) is 21.7. The van der Waals surface area contributed by atoms with Gasteiger partial charge < -0.3 is 19.3 Å². The second-order valence-corrected chi connectivity index (χ2v) is 8.45. The molecule has 2 aromatic carbocycles. The molecule has 30 heavy (non-hydrogen) atoms. The third kappa shape index (κ3) is 3.38. The molecule has 6 nitrogen and oxygen atoms in total. The highest BCUT2D eigenvalue weighted by molar-refractivity contribution is 5.62. The van der Waals surface area contributed by atoms with Gasteiger partial charge >= 0.3 is 0 Å². The molecule has 0 spiro atoms. The number of fused-ring (bicyclic) bond motifs is 2. The Morgan fingerprint density at radius 2 is 1.43 bits per heavy atom. The van der Waals surface area contributed by atoms with Crippen LogP contribution in [0.15, 0.2) is 18.2 Å². The fourth-order valence-corrected chi connectivity index (χ4v) is 4.62. The highest BCUT2D eigenvalue weighted by atomic mass is 16.5. The van der Waals surface area contributed by atoms with E-state index in [1.54, 1.807) is 14.2 Å². The summed E-state index contributed by atoms with van der Waals surface area (Å²) in [6, 6.07) is 6.49. The van der Waals surface area contributed by atoms with Crippen LogP contribution in [0, 0.1) is 0 Å². The molecule has 0 aliphatic carbocycles. The second kappa shape index (κ2) is 8.00. The lowest BCUT2D eigenvalue weighted by atomic mass is 9.91. The smallest absolute Gasteiger partial charge is 0.201 e. The molecule has 0 bridgehead atoms. The number of nitrogens with zero attached hydrogens (tertiary/aromatic N) is 2. The Morgan fingerprint density at radius 3 is 2.10 bits per heavy atom. The predicted molar refractivity (Wildman–Crippen MR) is 117 cm³/mol. The molecular weight excluding hydrogens is 380 g/mol. The van der Waals surface area contributed by atoms with Gasteiger partial charge in [0.15, 0.2) is 23.0 Å². The first-order valence-electron chi connectivity index (χ1n) is 10.6. The lowest BCUT2D eigenvalue weighted by molar-refractivity contribution is 0.237. The van der Waals surface area contributed by atoms with Crippen molar-refractivity contribution in [3.63, 3.8) is 0 Å². The zero-order valence-electron chi connectivity index (χ0n) is 18.8. The van der Waals surface area contributed by atoms with Crippen molar-refractivity contribution >= 4 is 0 Å². The van der Waals surface area contributed by atoms with Gasteiger partial charge in [-0.05, 0) is 75.7 Å². The number of hydrogen-bond donors (Lipinski definition) is 1. The van der Waals surface area contributed by atoms with Gasteiger partial charge in [-0.1, -0.05) is 0 Å². The molecule has 6 heteroatoms. The molecule has 4 rings (SSSR count). The number of phenolic OH excluding ortho intramolecular Hbond substituents is 1. The topological polar surface area (TPSA) is 54.4 Å². The first-order valence-corrected chi connectivity index (χ1v) is 10.6. The van der Waals surface area contributed by atoms with Crippen LogP contribution in [-0.4, -0.2) is 56.3 Å². The quantitative estimate of drug-likeness (QED) is 0.808. The van der Waals surface area contributed by atoms with E-state index < -0.39 is 0 Å². The molecule has 0 unspecified atom stereocenters. The Morgan fingerprint density at radius 1 is 0.833 bits per heavy atom. The fourth-order valence-electron chi connectivity index (χ4n) is 4.62. The number of rotatable bonds is 4. The van der Waals surface area contributed by atoms with E-state index in [2.05, 4.69) is 49.9 Å². The van der Waals surface area contributed by atoms with Crippen LogP contribution in [0.4, 0.5) is 0 Å². The van der Waals surface area contributed by atoms with Crippen LogP contribution in [-0.2, 0) is 12.8 Å². The molecule has 2 atom stereocenters. The van der Waals surface area contributed by atoms with Gasteiger partial charge in [0, 0.05) is 30.7 Å². The number of methoxy groups -OCH3 is 2. The van der Waals surface area contributed by atoms with Gasteiger partial charge in [0.25, 0.3) is 0 Å². The summed E-state index contributed by atoms with van der Waals surface area (Å²) in [6.45, 7) is 6.31. The SMILES string of the molecule is COc1cc2c(cc1Oc1c(O)c(OC)cc3c1[C@H](C)N(C)CC3)[C@H](C)N(C)CC2. The van der Waals surface area contributed by atoms with Gasteiger partial charge in [0.05, 0.1) is 14.2 Å². The van der Waals surface area contributed by atoms with Gasteiger partial charge in [-0.2, -0.15) is 0 Å². The molecule has 0 radical (unpaired) electrons. The van der Waals surface area contributed by atoms with Gasteiger partial charge in [-0.25, -0.2) is 0 Å². The second-order valence-electron chi connectivity index (χ2n) is 8.45. The van der Waals surface area contributed by atoms with Crippen molar-refractivity contribution < 1.29 is 19.3 Å². The molecule has 162 valence electrons. The minimum absolute atomic E-state index is 0.0309. The Labute approximate surface area is 179 Å². The van der Waals surface area contributed by atoms with E-state index in [0.717, 1.165) is 37.1 Å². The summed E-state index contributed by atoms with van der Waals surface area (Å²) in [4.78, 5) is 4.60. The Hall–Kier alpha value is -2.44. The average Bonchev–Trinajstić information content (AvgIpc) is 2.75. The number of phenols is 1. The van der Waals surface area contributed by atoms with E-state index in [-0.39, 0.29) is 11.8 Å². The van der Waals surface area contributed by atoms with Gasteiger partial charge in [-0.3, -0.25) is 9.80 Å².